The third-order valence-electron chi connectivity index (χ3n) is 2.92. The summed E-state index contributed by atoms with van der Waals surface area (Å²) in [5, 5.41) is 5.33. The van der Waals surface area contributed by atoms with Crippen LogP contribution in [0.3, 0.4) is 0 Å². The lowest BCUT2D eigenvalue weighted by molar-refractivity contribution is 0.830. The molecule has 1 N–H and O–H groups in total. The Morgan fingerprint density at radius 2 is 1.95 bits per heavy atom. The van der Waals surface area contributed by atoms with Crippen LogP contribution in [-0.4, -0.2) is 11.5 Å². The van der Waals surface area contributed by atoms with Crippen LogP contribution in [0.25, 0.3) is 10.9 Å². The van der Waals surface area contributed by atoms with E-state index in [0.29, 0.717) is 16.0 Å². The molecule has 0 saturated heterocycles. The number of nitrogens with zero attached hydrogens (tertiary/aromatic N) is 1. The molecule has 0 aliphatic heterocycles. The Morgan fingerprint density at radius 3 is 2.53 bits per heavy atom. The van der Waals surface area contributed by atoms with Gasteiger partial charge in [-0.3, -0.25) is 4.98 Å². The van der Waals surface area contributed by atoms with E-state index in [1.165, 1.54) is 0 Å². The van der Waals surface area contributed by atoms with Gasteiger partial charge < -0.3 is 5.32 Å². The molecule has 2 nitrogen and oxygen atoms in total. The highest BCUT2D eigenvalue weighted by atomic mass is 79.9. The topological polar surface area (TPSA) is 24.9 Å². The molecule has 5 heteroatoms. The third-order valence-corrected chi connectivity index (χ3v) is 4.63. The zero-order valence-corrected chi connectivity index (χ0v) is 14.1. The van der Waals surface area contributed by atoms with Crippen molar-refractivity contribution in [1.29, 1.82) is 0 Å². The van der Waals surface area contributed by atoms with E-state index in [2.05, 4.69) is 53.1 Å². The van der Waals surface area contributed by atoms with E-state index in [1.807, 2.05) is 6.07 Å². The summed E-state index contributed by atoms with van der Waals surface area (Å²) in [6.45, 7) is 7.12. The Labute approximate surface area is 131 Å². The van der Waals surface area contributed by atoms with Gasteiger partial charge in [-0.15, -0.1) is 0 Å². The minimum absolute atomic E-state index is 0.334. The Balaban J connectivity index is 2.83. The van der Waals surface area contributed by atoms with Gasteiger partial charge in [0.05, 0.1) is 15.6 Å². The molecule has 0 unspecified atom stereocenters. The summed E-state index contributed by atoms with van der Waals surface area (Å²) < 4.78 is 0.782. The fraction of sp³-hybridized carbons (Fsp3) is 0.357. The first kappa shape index (κ1) is 14.9. The predicted molar refractivity (Wildman–Crippen MR) is 87.7 cm³/mol. The maximum absolute atomic E-state index is 6.33. The molecule has 0 atom stereocenters. The summed E-state index contributed by atoms with van der Waals surface area (Å²) in [5.74, 6) is 0.334. The maximum atomic E-state index is 6.33. The van der Waals surface area contributed by atoms with E-state index in [-0.39, 0.29) is 0 Å². The lowest BCUT2D eigenvalue weighted by Gasteiger charge is -2.14. The van der Waals surface area contributed by atoms with E-state index >= 15 is 0 Å². The molecule has 0 spiro atoms. The highest BCUT2D eigenvalue weighted by Gasteiger charge is 2.15. The van der Waals surface area contributed by atoms with Gasteiger partial charge in [0.1, 0.15) is 0 Å². The van der Waals surface area contributed by atoms with Gasteiger partial charge in [0.25, 0.3) is 0 Å². The van der Waals surface area contributed by atoms with E-state index in [4.69, 9.17) is 23.2 Å². The standard InChI is InChI=1S/C14H15BrCl2N2/c1-4-18-11-6-10(7(2)3)19-14-8(11)5-9(15)12(16)13(14)17/h5-7H,4H2,1-3H3,(H,18,19). The second kappa shape index (κ2) is 5.86. The van der Waals surface area contributed by atoms with Crippen molar-refractivity contribution in [2.24, 2.45) is 0 Å². The van der Waals surface area contributed by atoms with E-state index in [0.717, 1.165) is 33.3 Å². The number of hydrogen-bond acceptors (Lipinski definition) is 2. The third kappa shape index (κ3) is 2.83. The average molecular weight is 362 g/mol. The molecule has 1 aromatic heterocycles. The quantitative estimate of drug-likeness (QED) is 0.692. The number of nitrogens with one attached hydrogen (secondary N) is 1. The molecular weight excluding hydrogens is 347 g/mol. The smallest absolute Gasteiger partial charge is 0.0928 e. The number of hydrogen-bond donors (Lipinski definition) is 1. The number of benzene rings is 1. The number of halogens is 3. The number of rotatable bonds is 3. The summed E-state index contributed by atoms with van der Waals surface area (Å²) in [4.78, 5) is 4.64. The van der Waals surface area contributed by atoms with Crippen LogP contribution in [0.2, 0.25) is 10.0 Å². The second-order valence-corrected chi connectivity index (χ2v) is 6.27. The molecule has 1 aromatic carbocycles. The maximum Gasteiger partial charge on any atom is 0.0928 e. The van der Waals surface area contributed by atoms with Crippen molar-refractivity contribution in [3.8, 4) is 0 Å². The van der Waals surface area contributed by atoms with Crippen molar-refractivity contribution in [3.63, 3.8) is 0 Å². The van der Waals surface area contributed by atoms with E-state index in [1.54, 1.807) is 0 Å². The lowest BCUT2D eigenvalue weighted by atomic mass is 10.1. The van der Waals surface area contributed by atoms with E-state index < -0.39 is 0 Å². The molecule has 0 fully saturated rings. The summed E-state index contributed by atoms with van der Waals surface area (Å²) in [6, 6.07) is 4.03. The first-order valence-electron chi connectivity index (χ1n) is 6.17. The first-order chi connectivity index (χ1) is 8.95. The van der Waals surface area contributed by atoms with Crippen LogP contribution in [0.5, 0.6) is 0 Å². The lowest BCUT2D eigenvalue weighted by Crippen LogP contribution is -2.02. The van der Waals surface area contributed by atoms with Crippen LogP contribution >= 0.6 is 39.1 Å². The van der Waals surface area contributed by atoms with Crippen LogP contribution in [0.4, 0.5) is 5.69 Å². The predicted octanol–water partition coefficient (Wildman–Crippen LogP) is 5.86. The zero-order valence-electron chi connectivity index (χ0n) is 11.0. The van der Waals surface area contributed by atoms with Crippen molar-refractivity contribution >= 4 is 55.7 Å². The SMILES string of the molecule is CCNc1cc(C(C)C)nc2c(Cl)c(Cl)c(Br)cc12. The van der Waals surface area contributed by atoms with Gasteiger partial charge in [0.15, 0.2) is 0 Å². The number of fused-ring (bicyclic) bond motifs is 1. The number of aromatic nitrogens is 1. The van der Waals surface area contributed by atoms with Crippen molar-refractivity contribution in [3.05, 3.63) is 32.3 Å². The molecular formula is C14H15BrCl2N2. The van der Waals surface area contributed by atoms with Crippen LogP contribution in [-0.2, 0) is 0 Å². The molecule has 0 bridgehead atoms. The highest BCUT2D eigenvalue weighted by Crippen LogP contribution is 2.39. The molecule has 0 aliphatic rings. The summed E-state index contributed by atoms with van der Waals surface area (Å²) >= 11 is 15.9. The zero-order chi connectivity index (χ0) is 14.2. The minimum Gasteiger partial charge on any atom is -0.385 e. The molecule has 2 aromatic rings. The molecule has 2 rings (SSSR count). The monoisotopic (exact) mass is 360 g/mol. The summed E-state index contributed by atoms with van der Waals surface area (Å²) in [7, 11) is 0. The molecule has 0 radical (unpaired) electrons. The molecule has 102 valence electrons. The van der Waals surface area contributed by atoms with Gasteiger partial charge in [-0.25, -0.2) is 0 Å². The molecule has 0 amide bonds. The first-order valence-corrected chi connectivity index (χ1v) is 7.72. The number of pyridine rings is 1. The van der Waals surface area contributed by atoms with Crippen molar-refractivity contribution in [2.75, 3.05) is 11.9 Å². The van der Waals surface area contributed by atoms with Crippen LogP contribution in [0, 0.1) is 0 Å². The Bertz CT molecular complexity index is 627. The summed E-state index contributed by atoms with van der Waals surface area (Å²) in [6.07, 6.45) is 0. The Hall–Kier alpha value is -0.510. The normalized spacial score (nSPS) is 11.3. The average Bonchev–Trinajstić information content (AvgIpc) is 2.37. The van der Waals surface area contributed by atoms with Gasteiger partial charge in [-0.05, 0) is 40.9 Å². The van der Waals surface area contributed by atoms with Gasteiger partial charge in [0.2, 0.25) is 0 Å². The van der Waals surface area contributed by atoms with Crippen molar-refractivity contribution in [1.82, 2.24) is 4.98 Å². The van der Waals surface area contributed by atoms with Gasteiger partial charge in [-0.2, -0.15) is 0 Å². The van der Waals surface area contributed by atoms with Gasteiger partial charge in [-0.1, -0.05) is 37.0 Å². The molecule has 0 saturated carbocycles. The van der Waals surface area contributed by atoms with Crippen LogP contribution in [0.15, 0.2) is 16.6 Å². The fourth-order valence-electron chi connectivity index (χ4n) is 1.92. The number of anilines is 1. The summed E-state index contributed by atoms with van der Waals surface area (Å²) in [5.41, 5.74) is 2.79. The fourth-order valence-corrected chi connectivity index (χ4v) is 2.85. The minimum atomic E-state index is 0.334. The molecule has 19 heavy (non-hydrogen) atoms. The van der Waals surface area contributed by atoms with Crippen LogP contribution < -0.4 is 5.32 Å². The largest absolute Gasteiger partial charge is 0.385 e. The second-order valence-electron chi connectivity index (χ2n) is 4.66. The highest BCUT2D eigenvalue weighted by molar-refractivity contribution is 9.10. The Kier molecular flexibility index (Phi) is 4.59. The van der Waals surface area contributed by atoms with Crippen molar-refractivity contribution < 1.29 is 0 Å². The van der Waals surface area contributed by atoms with Gasteiger partial charge in [0, 0.05) is 27.8 Å². The Morgan fingerprint density at radius 1 is 1.26 bits per heavy atom. The van der Waals surface area contributed by atoms with Crippen LogP contribution in [0.1, 0.15) is 32.4 Å². The molecule has 0 aliphatic carbocycles. The molecule has 1 heterocycles. The van der Waals surface area contributed by atoms with E-state index in [9.17, 15) is 0 Å². The van der Waals surface area contributed by atoms with Gasteiger partial charge >= 0.3 is 0 Å². The van der Waals surface area contributed by atoms with Crippen molar-refractivity contribution in [2.45, 2.75) is 26.7 Å².